The molecule has 110 valence electrons. The van der Waals surface area contributed by atoms with Crippen LogP contribution >= 0.6 is 15.9 Å². The molecule has 0 radical (unpaired) electrons. The highest BCUT2D eigenvalue weighted by Gasteiger charge is 2.21. The van der Waals surface area contributed by atoms with Crippen LogP contribution in [0.5, 0.6) is 0 Å². The summed E-state index contributed by atoms with van der Waals surface area (Å²) in [7, 11) is 0. The lowest BCUT2D eigenvalue weighted by molar-refractivity contribution is -0.383. The summed E-state index contributed by atoms with van der Waals surface area (Å²) in [5, 5.41) is 11.2. The SMILES string of the molecule is CC(C)OC(=O)c1cc2cc(Br)cc([N+](=O)[O-])c2oc1=O. The van der Waals surface area contributed by atoms with E-state index in [9.17, 15) is 19.7 Å². The van der Waals surface area contributed by atoms with E-state index in [1.54, 1.807) is 13.8 Å². The monoisotopic (exact) mass is 355 g/mol. The van der Waals surface area contributed by atoms with E-state index in [0.29, 0.717) is 4.47 Å². The zero-order chi connectivity index (χ0) is 15.7. The Labute approximate surface area is 126 Å². The number of nitrogens with zero attached hydrogens (tertiary/aromatic N) is 1. The molecule has 0 aliphatic heterocycles. The van der Waals surface area contributed by atoms with E-state index in [1.807, 2.05) is 0 Å². The van der Waals surface area contributed by atoms with Crippen LogP contribution in [0.15, 0.2) is 31.9 Å². The quantitative estimate of drug-likeness (QED) is 0.363. The van der Waals surface area contributed by atoms with E-state index >= 15 is 0 Å². The normalized spacial score (nSPS) is 10.9. The van der Waals surface area contributed by atoms with E-state index in [2.05, 4.69) is 15.9 Å². The third-order valence-electron chi connectivity index (χ3n) is 2.54. The van der Waals surface area contributed by atoms with E-state index in [1.165, 1.54) is 18.2 Å². The molecule has 0 atom stereocenters. The number of halogens is 1. The number of hydrogen-bond acceptors (Lipinski definition) is 6. The first kappa shape index (κ1) is 15.2. The third kappa shape index (κ3) is 3.10. The summed E-state index contributed by atoms with van der Waals surface area (Å²) in [4.78, 5) is 33.9. The zero-order valence-electron chi connectivity index (χ0n) is 11.1. The van der Waals surface area contributed by atoms with Crippen molar-refractivity contribution in [1.29, 1.82) is 0 Å². The van der Waals surface area contributed by atoms with Gasteiger partial charge >= 0.3 is 17.3 Å². The summed E-state index contributed by atoms with van der Waals surface area (Å²) in [6.07, 6.45) is -0.399. The van der Waals surface area contributed by atoms with Gasteiger partial charge in [0, 0.05) is 15.9 Å². The van der Waals surface area contributed by atoms with Crippen LogP contribution in [0.1, 0.15) is 24.2 Å². The second kappa shape index (κ2) is 5.65. The van der Waals surface area contributed by atoms with Crippen LogP contribution in [0.25, 0.3) is 11.0 Å². The highest BCUT2D eigenvalue weighted by atomic mass is 79.9. The fourth-order valence-electron chi connectivity index (χ4n) is 1.74. The number of ether oxygens (including phenoxy) is 1. The molecule has 21 heavy (non-hydrogen) atoms. The largest absolute Gasteiger partial charge is 0.459 e. The van der Waals surface area contributed by atoms with Crippen LogP contribution in [0, 0.1) is 10.1 Å². The van der Waals surface area contributed by atoms with Crippen LogP contribution in [0.3, 0.4) is 0 Å². The summed E-state index contributed by atoms with van der Waals surface area (Å²) < 4.78 is 10.3. The summed E-state index contributed by atoms with van der Waals surface area (Å²) in [5.41, 5.74) is -1.82. The molecule has 0 spiro atoms. The second-order valence-electron chi connectivity index (χ2n) is 4.50. The number of nitro benzene ring substituents is 1. The third-order valence-corrected chi connectivity index (χ3v) is 2.99. The van der Waals surface area contributed by atoms with Gasteiger partial charge < -0.3 is 9.15 Å². The number of carbonyl (C=O) groups excluding carboxylic acids is 1. The minimum atomic E-state index is -0.974. The molecule has 7 nitrogen and oxygen atoms in total. The molecule has 0 aliphatic carbocycles. The first-order valence-electron chi connectivity index (χ1n) is 5.92. The smallest absolute Gasteiger partial charge is 0.351 e. The average molecular weight is 356 g/mol. The van der Waals surface area contributed by atoms with Crippen molar-refractivity contribution >= 4 is 38.6 Å². The summed E-state index contributed by atoms with van der Waals surface area (Å²) >= 11 is 3.13. The number of esters is 1. The van der Waals surface area contributed by atoms with Crippen molar-refractivity contribution in [3.05, 3.63) is 48.8 Å². The Bertz CT molecular complexity index is 795. The Morgan fingerprint density at radius 3 is 2.62 bits per heavy atom. The number of benzene rings is 1. The Hall–Kier alpha value is -2.22. The van der Waals surface area contributed by atoms with E-state index in [4.69, 9.17) is 9.15 Å². The molecule has 0 N–H and O–H groups in total. The molecule has 0 fully saturated rings. The second-order valence-corrected chi connectivity index (χ2v) is 5.42. The van der Waals surface area contributed by atoms with Gasteiger partial charge in [-0.1, -0.05) is 15.9 Å². The van der Waals surface area contributed by atoms with E-state index in [0.717, 1.165) is 0 Å². The molecule has 1 heterocycles. The first-order valence-corrected chi connectivity index (χ1v) is 6.71. The summed E-state index contributed by atoms with van der Waals surface area (Å²) in [6.45, 7) is 3.28. The molecule has 1 aromatic heterocycles. The molecule has 0 bridgehead atoms. The minimum absolute atomic E-state index is 0.186. The standard InChI is InChI=1S/C13H10BrNO6/c1-6(2)20-12(16)9-4-7-3-8(14)5-10(15(18)19)11(7)21-13(9)17/h3-6H,1-2H3. The molecule has 2 rings (SSSR count). The fourth-order valence-corrected chi connectivity index (χ4v) is 2.20. The van der Waals surface area contributed by atoms with Gasteiger partial charge in [0.15, 0.2) is 0 Å². The van der Waals surface area contributed by atoms with Gasteiger partial charge in [0.25, 0.3) is 0 Å². The van der Waals surface area contributed by atoms with Crippen molar-refractivity contribution in [1.82, 2.24) is 0 Å². The van der Waals surface area contributed by atoms with Crippen LogP contribution in [0.4, 0.5) is 5.69 Å². The molecular weight excluding hydrogens is 346 g/mol. The molecule has 0 unspecified atom stereocenters. The number of fused-ring (bicyclic) bond motifs is 1. The lowest BCUT2D eigenvalue weighted by atomic mass is 10.1. The molecule has 1 aromatic carbocycles. The van der Waals surface area contributed by atoms with E-state index in [-0.39, 0.29) is 22.2 Å². The van der Waals surface area contributed by atoms with Crippen molar-refractivity contribution < 1.29 is 18.9 Å². The minimum Gasteiger partial charge on any atom is -0.459 e. The Balaban J connectivity index is 2.69. The number of non-ortho nitro benzene ring substituents is 1. The fraction of sp³-hybridized carbons (Fsp3) is 0.231. The highest BCUT2D eigenvalue weighted by Crippen LogP contribution is 2.29. The number of carbonyl (C=O) groups is 1. The maximum absolute atomic E-state index is 11.8. The zero-order valence-corrected chi connectivity index (χ0v) is 12.7. The predicted octanol–water partition coefficient (Wildman–Crippen LogP) is 3.03. The van der Waals surface area contributed by atoms with Gasteiger partial charge in [0.05, 0.1) is 11.0 Å². The van der Waals surface area contributed by atoms with Crippen LogP contribution in [-0.4, -0.2) is 17.0 Å². The molecule has 2 aromatic rings. The predicted molar refractivity (Wildman–Crippen MR) is 77.4 cm³/mol. The van der Waals surface area contributed by atoms with Gasteiger partial charge in [-0.3, -0.25) is 10.1 Å². The molecule has 8 heteroatoms. The van der Waals surface area contributed by atoms with E-state index < -0.39 is 22.6 Å². The first-order chi connectivity index (χ1) is 9.79. The van der Waals surface area contributed by atoms with Crippen molar-refractivity contribution in [2.45, 2.75) is 20.0 Å². The van der Waals surface area contributed by atoms with Gasteiger partial charge in [-0.05, 0) is 26.0 Å². The van der Waals surface area contributed by atoms with Crippen molar-refractivity contribution in [2.24, 2.45) is 0 Å². The lowest BCUT2D eigenvalue weighted by Gasteiger charge is -2.07. The average Bonchev–Trinajstić information content (AvgIpc) is 2.36. The number of rotatable bonds is 3. The molecular formula is C13H10BrNO6. The number of nitro groups is 1. The van der Waals surface area contributed by atoms with Gasteiger partial charge in [0.1, 0.15) is 5.56 Å². The van der Waals surface area contributed by atoms with Gasteiger partial charge in [0.2, 0.25) is 5.58 Å². The molecule has 0 saturated heterocycles. The van der Waals surface area contributed by atoms with Crippen LogP contribution < -0.4 is 5.63 Å². The Morgan fingerprint density at radius 2 is 2.05 bits per heavy atom. The van der Waals surface area contributed by atoms with Crippen molar-refractivity contribution in [2.75, 3.05) is 0 Å². The maximum atomic E-state index is 11.8. The van der Waals surface area contributed by atoms with Gasteiger partial charge in [-0.2, -0.15) is 0 Å². The number of hydrogen-bond donors (Lipinski definition) is 0. The van der Waals surface area contributed by atoms with Gasteiger partial charge in [-0.25, -0.2) is 9.59 Å². The van der Waals surface area contributed by atoms with Crippen LogP contribution in [-0.2, 0) is 4.74 Å². The van der Waals surface area contributed by atoms with Crippen molar-refractivity contribution in [3.63, 3.8) is 0 Å². The Morgan fingerprint density at radius 1 is 1.38 bits per heavy atom. The molecule has 0 aliphatic rings. The Kier molecular flexibility index (Phi) is 4.08. The molecule has 0 saturated carbocycles. The molecule has 0 amide bonds. The topological polar surface area (TPSA) is 99.7 Å². The van der Waals surface area contributed by atoms with Gasteiger partial charge in [-0.15, -0.1) is 0 Å². The van der Waals surface area contributed by atoms with Crippen LogP contribution in [0.2, 0.25) is 0 Å². The summed E-state index contributed by atoms with van der Waals surface area (Å²) in [6, 6.07) is 3.96. The summed E-state index contributed by atoms with van der Waals surface area (Å²) in [5.74, 6) is -0.830. The lowest BCUT2D eigenvalue weighted by Crippen LogP contribution is -2.19. The maximum Gasteiger partial charge on any atom is 0.351 e. The van der Waals surface area contributed by atoms with Crippen molar-refractivity contribution in [3.8, 4) is 0 Å². The highest BCUT2D eigenvalue weighted by molar-refractivity contribution is 9.10.